The van der Waals surface area contributed by atoms with E-state index < -0.39 is 0 Å². The molecule has 250 valence electrons. The van der Waals surface area contributed by atoms with Gasteiger partial charge in [0.2, 0.25) is 0 Å². The van der Waals surface area contributed by atoms with E-state index in [1.165, 1.54) is 104 Å². The van der Waals surface area contributed by atoms with Crippen molar-refractivity contribution in [2.45, 2.75) is 108 Å². The number of nitrogens with zero attached hydrogens (tertiary/aromatic N) is 2. The third-order valence-electron chi connectivity index (χ3n) is 10.1. The van der Waals surface area contributed by atoms with Gasteiger partial charge in [0.25, 0.3) is 0 Å². The largest absolute Gasteiger partial charge is 0.310 e. The molecule has 0 bridgehead atoms. The minimum absolute atomic E-state index is 1.13. The van der Waals surface area contributed by atoms with Crippen molar-refractivity contribution in [1.29, 1.82) is 0 Å². The molecule has 5 aromatic rings. The second-order valence-electron chi connectivity index (χ2n) is 14.1. The maximum Gasteiger partial charge on any atom is 0.0520 e. The molecule has 0 fully saturated rings. The Hall–Kier alpha value is -4.30. The third-order valence-corrected chi connectivity index (χ3v) is 10.1. The molecule has 48 heavy (non-hydrogen) atoms. The van der Waals surface area contributed by atoms with Crippen molar-refractivity contribution >= 4 is 34.1 Å². The number of anilines is 6. The summed E-state index contributed by atoms with van der Waals surface area (Å²) >= 11 is 0. The fraction of sp³-hybridized carbons (Fsp3) is 0.348. The van der Waals surface area contributed by atoms with E-state index in [9.17, 15) is 0 Å². The van der Waals surface area contributed by atoms with Crippen LogP contribution in [-0.4, -0.2) is 0 Å². The van der Waals surface area contributed by atoms with E-state index >= 15 is 0 Å². The molecule has 5 aromatic carbocycles. The number of hydrogen-bond donors (Lipinski definition) is 0. The second-order valence-corrected chi connectivity index (χ2v) is 14.1. The lowest BCUT2D eigenvalue weighted by Gasteiger charge is -2.32. The lowest BCUT2D eigenvalue weighted by molar-refractivity contribution is 0.794. The molecule has 0 atom stereocenters. The number of hydrogen-bond acceptors (Lipinski definition) is 2. The van der Waals surface area contributed by atoms with E-state index in [0.717, 1.165) is 24.2 Å². The summed E-state index contributed by atoms with van der Waals surface area (Å²) in [7, 11) is 0. The summed E-state index contributed by atoms with van der Waals surface area (Å²) in [6.45, 7) is 22.5. The van der Waals surface area contributed by atoms with Gasteiger partial charge >= 0.3 is 0 Å². The van der Waals surface area contributed by atoms with Crippen LogP contribution in [0, 0.1) is 55.4 Å². The van der Waals surface area contributed by atoms with E-state index in [1.807, 2.05) is 0 Å². The maximum atomic E-state index is 2.46. The molecule has 0 aliphatic heterocycles. The van der Waals surface area contributed by atoms with Gasteiger partial charge in [-0.2, -0.15) is 0 Å². The summed E-state index contributed by atoms with van der Waals surface area (Å²) in [6, 6.07) is 32.6. The Labute approximate surface area is 291 Å². The lowest BCUT2D eigenvalue weighted by atomic mass is 9.98. The van der Waals surface area contributed by atoms with Crippen molar-refractivity contribution in [3.05, 3.63) is 141 Å². The smallest absolute Gasteiger partial charge is 0.0520 e. The molecule has 0 aromatic heterocycles. The van der Waals surface area contributed by atoms with Gasteiger partial charge in [-0.1, -0.05) is 63.1 Å². The SMILES string of the molecule is CCCCc1cc(C)c(N(c2ccc(N(c3ccc(C)c(C)c3)c3c(C)cc(CCCC)cc3C)cc2)c2ccc(C)c(C)c2)c(C)c1. The number of aryl methyl sites for hydroxylation is 10. The fourth-order valence-corrected chi connectivity index (χ4v) is 7.14. The van der Waals surface area contributed by atoms with E-state index in [2.05, 4.69) is 164 Å². The van der Waals surface area contributed by atoms with E-state index in [-0.39, 0.29) is 0 Å². The van der Waals surface area contributed by atoms with Gasteiger partial charge < -0.3 is 9.80 Å². The van der Waals surface area contributed by atoms with Gasteiger partial charge in [-0.25, -0.2) is 0 Å². The Morgan fingerprint density at radius 2 is 0.667 bits per heavy atom. The van der Waals surface area contributed by atoms with E-state index in [0.29, 0.717) is 0 Å². The zero-order chi connectivity index (χ0) is 34.5. The Kier molecular flexibility index (Phi) is 11.2. The Bertz CT molecular complexity index is 1690. The van der Waals surface area contributed by atoms with Crippen molar-refractivity contribution in [2.24, 2.45) is 0 Å². The highest BCUT2D eigenvalue weighted by Gasteiger charge is 2.21. The van der Waals surface area contributed by atoms with Gasteiger partial charge in [0.05, 0.1) is 11.4 Å². The lowest BCUT2D eigenvalue weighted by Crippen LogP contribution is -2.15. The first-order valence-corrected chi connectivity index (χ1v) is 18.1. The molecule has 0 N–H and O–H groups in total. The monoisotopic (exact) mass is 636 g/mol. The molecule has 0 heterocycles. The highest BCUT2D eigenvalue weighted by Crippen LogP contribution is 2.44. The van der Waals surface area contributed by atoms with Crippen LogP contribution in [0.4, 0.5) is 34.1 Å². The minimum Gasteiger partial charge on any atom is -0.310 e. The van der Waals surface area contributed by atoms with Gasteiger partial charge in [-0.05, 0) is 185 Å². The van der Waals surface area contributed by atoms with Crippen LogP contribution in [-0.2, 0) is 12.8 Å². The summed E-state index contributed by atoms with van der Waals surface area (Å²) in [5.41, 5.74) is 20.6. The zero-order valence-electron chi connectivity index (χ0n) is 31.2. The molecule has 0 unspecified atom stereocenters. The molecule has 0 aliphatic rings. The first kappa shape index (κ1) is 35.0. The van der Waals surface area contributed by atoms with Crippen molar-refractivity contribution in [3.8, 4) is 0 Å². The number of rotatable bonds is 12. The van der Waals surface area contributed by atoms with Crippen molar-refractivity contribution in [2.75, 3.05) is 9.80 Å². The zero-order valence-corrected chi connectivity index (χ0v) is 31.2. The minimum atomic E-state index is 1.13. The Balaban J connectivity index is 1.65. The highest BCUT2D eigenvalue weighted by molar-refractivity contribution is 5.85. The predicted molar refractivity (Wildman–Crippen MR) is 211 cm³/mol. The summed E-state index contributed by atoms with van der Waals surface area (Å²) < 4.78 is 0. The first-order valence-electron chi connectivity index (χ1n) is 18.1. The van der Waals surface area contributed by atoms with Crippen molar-refractivity contribution in [3.63, 3.8) is 0 Å². The molecule has 0 radical (unpaired) electrons. The third kappa shape index (κ3) is 7.54. The Morgan fingerprint density at radius 3 is 0.958 bits per heavy atom. The molecular weight excluding hydrogens is 581 g/mol. The molecule has 2 heteroatoms. The van der Waals surface area contributed by atoms with Crippen LogP contribution in [0.3, 0.4) is 0 Å². The van der Waals surface area contributed by atoms with Crippen LogP contribution in [0.1, 0.15) is 95.2 Å². The van der Waals surface area contributed by atoms with Crippen LogP contribution in [0.2, 0.25) is 0 Å². The van der Waals surface area contributed by atoms with Gasteiger partial charge in [0, 0.05) is 22.7 Å². The van der Waals surface area contributed by atoms with Gasteiger partial charge in [-0.15, -0.1) is 0 Å². The summed E-state index contributed by atoms with van der Waals surface area (Å²) in [5, 5.41) is 0. The summed E-state index contributed by atoms with van der Waals surface area (Å²) in [5.74, 6) is 0. The molecule has 2 nitrogen and oxygen atoms in total. The summed E-state index contributed by atoms with van der Waals surface area (Å²) in [4.78, 5) is 4.92. The Morgan fingerprint density at radius 1 is 0.354 bits per heavy atom. The average molecular weight is 637 g/mol. The maximum absolute atomic E-state index is 2.46. The van der Waals surface area contributed by atoms with Crippen molar-refractivity contribution < 1.29 is 0 Å². The molecule has 0 saturated heterocycles. The quantitative estimate of drug-likeness (QED) is 0.134. The molecule has 0 aliphatic carbocycles. The molecule has 0 saturated carbocycles. The number of unbranched alkanes of at least 4 members (excludes halogenated alkanes) is 2. The second kappa shape index (κ2) is 15.3. The van der Waals surface area contributed by atoms with Gasteiger partial charge in [0.15, 0.2) is 0 Å². The van der Waals surface area contributed by atoms with E-state index in [4.69, 9.17) is 0 Å². The highest BCUT2D eigenvalue weighted by atomic mass is 15.2. The average Bonchev–Trinajstić information content (AvgIpc) is 3.05. The first-order chi connectivity index (χ1) is 23.0. The topological polar surface area (TPSA) is 6.48 Å². The van der Waals surface area contributed by atoms with Crippen LogP contribution >= 0.6 is 0 Å². The molecule has 0 amide bonds. The van der Waals surface area contributed by atoms with Crippen LogP contribution < -0.4 is 9.80 Å². The molecule has 5 rings (SSSR count). The van der Waals surface area contributed by atoms with Crippen LogP contribution in [0.25, 0.3) is 0 Å². The van der Waals surface area contributed by atoms with Gasteiger partial charge in [0.1, 0.15) is 0 Å². The normalized spacial score (nSPS) is 11.2. The van der Waals surface area contributed by atoms with Crippen molar-refractivity contribution in [1.82, 2.24) is 0 Å². The fourth-order valence-electron chi connectivity index (χ4n) is 7.14. The van der Waals surface area contributed by atoms with Gasteiger partial charge in [-0.3, -0.25) is 0 Å². The van der Waals surface area contributed by atoms with E-state index in [1.54, 1.807) is 0 Å². The predicted octanol–water partition coefficient (Wildman–Crippen LogP) is 13.8. The standard InChI is InChI=1S/C46H56N2/c1-11-13-15-39-25-35(7)45(36(8)26-39)47(43-19-17-31(3)33(5)29-43)41-21-23-42(24-22-41)48(44-20-18-32(4)34(6)30-44)46-37(9)27-40(16-14-12-2)28-38(46)10/h17-30H,11-16H2,1-10H3. The van der Waals surface area contributed by atoms with Crippen LogP contribution in [0.5, 0.6) is 0 Å². The molecular formula is C46H56N2. The summed E-state index contributed by atoms with van der Waals surface area (Å²) in [6.07, 6.45) is 7.12. The molecule has 0 spiro atoms. The number of benzene rings is 5. The van der Waals surface area contributed by atoms with Crippen LogP contribution in [0.15, 0.2) is 84.9 Å².